The summed E-state index contributed by atoms with van der Waals surface area (Å²) in [6.07, 6.45) is 4.17. The molecule has 3 heteroatoms. The molecule has 0 radical (unpaired) electrons. The van der Waals surface area contributed by atoms with Crippen LogP contribution < -0.4 is 5.32 Å². The van der Waals surface area contributed by atoms with Gasteiger partial charge >= 0.3 is 0 Å². The van der Waals surface area contributed by atoms with Gasteiger partial charge in [-0.2, -0.15) is 0 Å². The first-order valence-corrected chi connectivity index (χ1v) is 8.70. The van der Waals surface area contributed by atoms with E-state index in [0.717, 1.165) is 24.4 Å². The topological polar surface area (TPSA) is 18.5 Å². The highest BCUT2D eigenvalue weighted by Gasteiger charge is 2.36. The zero-order valence-corrected chi connectivity index (χ0v) is 14.2. The highest BCUT2D eigenvalue weighted by atomic mass is 15.3. The van der Waals surface area contributed by atoms with E-state index in [1.165, 1.54) is 38.9 Å². The fourth-order valence-corrected chi connectivity index (χ4v) is 4.07. The highest BCUT2D eigenvalue weighted by Crippen LogP contribution is 2.33. The normalized spacial score (nSPS) is 37.5. The van der Waals surface area contributed by atoms with Crippen molar-refractivity contribution >= 4 is 0 Å². The van der Waals surface area contributed by atoms with Crippen LogP contribution in [-0.2, 0) is 0 Å². The molecule has 118 valence electrons. The molecule has 0 amide bonds. The van der Waals surface area contributed by atoms with Crippen molar-refractivity contribution in [3.05, 3.63) is 0 Å². The first kappa shape index (κ1) is 16.3. The van der Waals surface area contributed by atoms with E-state index in [2.05, 4.69) is 49.9 Å². The largest absolute Gasteiger partial charge is 0.313 e. The lowest BCUT2D eigenvalue weighted by Crippen LogP contribution is -2.60. The molecule has 0 spiro atoms. The lowest BCUT2D eigenvalue weighted by atomic mass is 9.76. The Morgan fingerprint density at radius 1 is 1.20 bits per heavy atom. The Morgan fingerprint density at radius 2 is 1.95 bits per heavy atom. The maximum absolute atomic E-state index is 3.76. The van der Waals surface area contributed by atoms with E-state index in [0.29, 0.717) is 12.1 Å². The van der Waals surface area contributed by atoms with Crippen molar-refractivity contribution in [2.75, 3.05) is 33.2 Å². The number of rotatable bonds is 4. The summed E-state index contributed by atoms with van der Waals surface area (Å²) in [4.78, 5) is 5.29. The molecule has 2 rings (SSSR count). The zero-order valence-electron chi connectivity index (χ0n) is 14.2. The minimum Gasteiger partial charge on any atom is -0.313 e. The summed E-state index contributed by atoms with van der Waals surface area (Å²) in [6.45, 7) is 14.3. The first-order valence-electron chi connectivity index (χ1n) is 8.70. The van der Waals surface area contributed by atoms with Crippen LogP contribution in [0.2, 0.25) is 0 Å². The molecule has 2 aliphatic rings. The fraction of sp³-hybridized carbons (Fsp3) is 1.00. The van der Waals surface area contributed by atoms with E-state index in [1.54, 1.807) is 0 Å². The molecule has 1 saturated heterocycles. The van der Waals surface area contributed by atoms with Gasteiger partial charge in [0.05, 0.1) is 0 Å². The van der Waals surface area contributed by atoms with Crippen LogP contribution in [0.4, 0.5) is 0 Å². The summed E-state index contributed by atoms with van der Waals surface area (Å²) < 4.78 is 0. The van der Waals surface area contributed by atoms with Gasteiger partial charge in [0.2, 0.25) is 0 Å². The summed E-state index contributed by atoms with van der Waals surface area (Å²) >= 11 is 0. The lowest BCUT2D eigenvalue weighted by molar-refractivity contribution is 0.0256. The number of nitrogens with zero attached hydrogens (tertiary/aromatic N) is 2. The number of piperazine rings is 1. The summed E-state index contributed by atoms with van der Waals surface area (Å²) in [6, 6.07) is 2.17. The summed E-state index contributed by atoms with van der Waals surface area (Å²) in [5.74, 6) is 1.76. The predicted molar refractivity (Wildman–Crippen MR) is 87.1 cm³/mol. The van der Waals surface area contributed by atoms with E-state index in [9.17, 15) is 0 Å². The van der Waals surface area contributed by atoms with E-state index >= 15 is 0 Å². The maximum Gasteiger partial charge on any atom is 0.0253 e. The molecule has 20 heavy (non-hydrogen) atoms. The minimum absolute atomic E-state index is 0.699. The van der Waals surface area contributed by atoms with Crippen molar-refractivity contribution in [3.63, 3.8) is 0 Å². The van der Waals surface area contributed by atoms with Crippen molar-refractivity contribution in [3.8, 4) is 0 Å². The second kappa shape index (κ2) is 7.24. The Bertz CT molecular complexity index is 292. The summed E-state index contributed by atoms with van der Waals surface area (Å²) in [7, 11) is 2.27. The standard InChI is InChI=1S/C17H35N3/c1-6-18-16-8-7-15(13(2)3)11-17(16)20-10-9-19(5)14(4)12-20/h13-18H,6-12H2,1-5H3. The summed E-state index contributed by atoms with van der Waals surface area (Å²) in [5.41, 5.74) is 0. The molecular weight excluding hydrogens is 246 g/mol. The Labute approximate surface area is 126 Å². The van der Waals surface area contributed by atoms with Gasteiger partial charge in [-0.15, -0.1) is 0 Å². The molecular formula is C17H35N3. The Morgan fingerprint density at radius 3 is 2.55 bits per heavy atom. The third-order valence-electron chi connectivity index (χ3n) is 5.73. The van der Waals surface area contributed by atoms with Crippen molar-refractivity contribution < 1.29 is 0 Å². The van der Waals surface area contributed by atoms with E-state index in [1.807, 2.05) is 0 Å². The van der Waals surface area contributed by atoms with Gasteiger partial charge < -0.3 is 10.2 Å². The number of hydrogen-bond donors (Lipinski definition) is 1. The molecule has 3 nitrogen and oxygen atoms in total. The summed E-state index contributed by atoms with van der Waals surface area (Å²) in [5, 5.41) is 3.76. The SMILES string of the molecule is CCNC1CCC(C(C)C)CC1N1CCN(C)C(C)C1. The molecule has 1 N–H and O–H groups in total. The average Bonchev–Trinajstić information content (AvgIpc) is 2.42. The number of likely N-dealkylation sites (N-methyl/N-ethyl adjacent to an activating group) is 2. The quantitative estimate of drug-likeness (QED) is 0.854. The monoisotopic (exact) mass is 281 g/mol. The van der Waals surface area contributed by atoms with Crippen LogP contribution in [0.3, 0.4) is 0 Å². The Hall–Kier alpha value is -0.120. The third-order valence-corrected chi connectivity index (χ3v) is 5.73. The molecule has 1 aliphatic carbocycles. The van der Waals surface area contributed by atoms with Gasteiger partial charge in [-0.25, -0.2) is 0 Å². The average molecular weight is 281 g/mol. The molecule has 1 aliphatic heterocycles. The molecule has 0 aromatic heterocycles. The molecule has 0 bridgehead atoms. The van der Waals surface area contributed by atoms with Crippen molar-refractivity contribution in [2.24, 2.45) is 11.8 Å². The highest BCUT2D eigenvalue weighted by molar-refractivity contribution is 4.94. The van der Waals surface area contributed by atoms with Gasteiger partial charge in [-0.05, 0) is 51.6 Å². The van der Waals surface area contributed by atoms with Crippen molar-refractivity contribution in [1.29, 1.82) is 0 Å². The second-order valence-corrected chi connectivity index (χ2v) is 7.37. The zero-order chi connectivity index (χ0) is 14.7. The van der Waals surface area contributed by atoms with Crippen LogP contribution >= 0.6 is 0 Å². The van der Waals surface area contributed by atoms with Gasteiger partial charge in [0.1, 0.15) is 0 Å². The molecule has 1 heterocycles. The molecule has 0 aromatic rings. The van der Waals surface area contributed by atoms with Crippen molar-refractivity contribution in [1.82, 2.24) is 15.1 Å². The second-order valence-electron chi connectivity index (χ2n) is 7.37. The predicted octanol–water partition coefficient (Wildman–Crippen LogP) is 2.43. The third kappa shape index (κ3) is 3.75. The molecule has 4 unspecified atom stereocenters. The van der Waals surface area contributed by atoms with Gasteiger partial charge in [-0.1, -0.05) is 20.8 Å². The van der Waals surface area contributed by atoms with Crippen LogP contribution in [0.1, 0.15) is 47.0 Å². The van der Waals surface area contributed by atoms with Crippen molar-refractivity contribution in [2.45, 2.75) is 65.1 Å². The molecule has 0 aromatic carbocycles. The maximum atomic E-state index is 3.76. The van der Waals surface area contributed by atoms with E-state index < -0.39 is 0 Å². The first-order chi connectivity index (χ1) is 9.52. The van der Waals surface area contributed by atoms with Crippen LogP contribution in [0.25, 0.3) is 0 Å². The van der Waals surface area contributed by atoms with E-state index in [4.69, 9.17) is 0 Å². The number of hydrogen-bond acceptors (Lipinski definition) is 3. The molecule has 1 saturated carbocycles. The lowest BCUT2D eigenvalue weighted by Gasteiger charge is -2.48. The Kier molecular flexibility index (Phi) is 5.88. The van der Waals surface area contributed by atoms with Gasteiger partial charge in [0.25, 0.3) is 0 Å². The minimum atomic E-state index is 0.699. The van der Waals surface area contributed by atoms with Crippen LogP contribution in [0, 0.1) is 11.8 Å². The van der Waals surface area contributed by atoms with Crippen LogP contribution in [0.15, 0.2) is 0 Å². The van der Waals surface area contributed by atoms with Crippen LogP contribution in [-0.4, -0.2) is 61.2 Å². The van der Waals surface area contributed by atoms with Gasteiger partial charge in [0.15, 0.2) is 0 Å². The number of nitrogens with one attached hydrogen (secondary N) is 1. The molecule has 2 fully saturated rings. The fourth-order valence-electron chi connectivity index (χ4n) is 4.07. The molecule has 4 atom stereocenters. The van der Waals surface area contributed by atoms with Crippen LogP contribution in [0.5, 0.6) is 0 Å². The van der Waals surface area contributed by atoms with Gasteiger partial charge in [0, 0.05) is 37.8 Å². The van der Waals surface area contributed by atoms with E-state index in [-0.39, 0.29) is 0 Å². The smallest absolute Gasteiger partial charge is 0.0253 e. The van der Waals surface area contributed by atoms with Gasteiger partial charge in [-0.3, -0.25) is 4.90 Å². The Balaban J connectivity index is 2.02.